The van der Waals surface area contributed by atoms with Crippen molar-refractivity contribution < 1.29 is 13.9 Å². The lowest BCUT2D eigenvalue weighted by Crippen LogP contribution is -2.25. The number of aliphatic hydroxyl groups excluding tert-OH is 1. The molecule has 1 N–H and O–H groups in total. The highest BCUT2D eigenvalue weighted by Gasteiger charge is 2.31. The number of hydrogen-bond donors (Lipinski definition) is 1. The molecule has 0 radical (unpaired) electrons. The van der Waals surface area contributed by atoms with Gasteiger partial charge in [-0.1, -0.05) is 43.2 Å². The summed E-state index contributed by atoms with van der Waals surface area (Å²) in [6, 6.07) is 12.5. The van der Waals surface area contributed by atoms with E-state index in [1.807, 2.05) is 12.1 Å². The van der Waals surface area contributed by atoms with Gasteiger partial charge in [0.05, 0.1) is 0 Å². The van der Waals surface area contributed by atoms with Gasteiger partial charge >= 0.3 is 0 Å². The Balaban J connectivity index is 1.28. The Morgan fingerprint density at radius 2 is 1.30 bits per heavy atom. The summed E-state index contributed by atoms with van der Waals surface area (Å²) in [6.07, 6.45) is 12.9. The van der Waals surface area contributed by atoms with E-state index in [0.29, 0.717) is 12.5 Å². The van der Waals surface area contributed by atoms with Gasteiger partial charge in [0.2, 0.25) is 0 Å². The topological polar surface area (TPSA) is 20.2 Å². The van der Waals surface area contributed by atoms with E-state index in [0.717, 1.165) is 35.3 Å². The van der Waals surface area contributed by atoms with Crippen molar-refractivity contribution in [3.05, 3.63) is 59.7 Å². The lowest BCUT2D eigenvalue weighted by atomic mass is 9.68. The van der Waals surface area contributed by atoms with Gasteiger partial charge in [0.25, 0.3) is 0 Å². The molecule has 4 rings (SSSR count). The van der Waals surface area contributed by atoms with Crippen LogP contribution in [0.4, 0.5) is 8.78 Å². The Bertz CT molecular complexity index is 800. The molecule has 162 valence electrons. The Hall–Kier alpha value is -1.74. The second-order valence-corrected chi connectivity index (χ2v) is 9.51. The van der Waals surface area contributed by atoms with Crippen molar-refractivity contribution >= 4 is 0 Å². The minimum Gasteiger partial charge on any atom is -0.396 e. The molecule has 2 aromatic rings. The molecule has 0 saturated heterocycles. The Labute approximate surface area is 179 Å². The molecule has 0 atom stereocenters. The van der Waals surface area contributed by atoms with Crippen LogP contribution in [0, 0.1) is 29.4 Å². The number of aliphatic hydroxyl groups is 1. The molecule has 0 amide bonds. The van der Waals surface area contributed by atoms with Crippen LogP contribution < -0.4 is 0 Å². The summed E-state index contributed by atoms with van der Waals surface area (Å²) in [5.74, 6) is 1.68. The van der Waals surface area contributed by atoms with Crippen molar-refractivity contribution in [1.82, 2.24) is 0 Å². The van der Waals surface area contributed by atoms with E-state index in [4.69, 9.17) is 5.11 Å². The van der Waals surface area contributed by atoms with Gasteiger partial charge in [-0.2, -0.15) is 0 Å². The molecule has 0 aromatic heterocycles. The maximum atomic E-state index is 13.5. The highest BCUT2D eigenvalue weighted by atomic mass is 19.2. The van der Waals surface area contributed by atoms with Crippen LogP contribution >= 0.6 is 0 Å². The summed E-state index contributed by atoms with van der Waals surface area (Å²) in [7, 11) is 0. The first kappa shape index (κ1) is 21.5. The van der Waals surface area contributed by atoms with Gasteiger partial charge in [-0.15, -0.1) is 0 Å². The van der Waals surface area contributed by atoms with Crippen LogP contribution in [0.15, 0.2) is 42.5 Å². The zero-order valence-electron chi connectivity index (χ0n) is 17.8. The van der Waals surface area contributed by atoms with Gasteiger partial charge in [0.1, 0.15) is 0 Å². The highest BCUT2D eigenvalue weighted by molar-refractivity contribution is 5.63. The summed E-state index contributed by atoms with van der Waals surface area (Å²) in [4.78, 5) is 0. The molecule has 0 bridgehead atoms. The van der Waals surface area contributed by atoms with Gasteiger partial charge in [0, 0.05) is 6.61 Å². The fourth-order valence-electron chi connectivity index (χ4n) is 5.88. The van der Waals surface area contributed by atoms with Crippen LogP contribution in [0.3, 0.4) is 0 Å². The Morgan fingerprint density at radius 1 is 0.700 bits per heavy atom. The predicted molar refractivity (Wildman–Crippen MR) is 118 cm³/mol. The van der Waals surface area contributed by atoms with Crippen molar-refractivity contribution in [2.45, 2.75) is 70.1 Å². The first-order valence-electron chi connectivity index (χ1n) is 11.8. The molecule has 0 unspecified atom stereocenters. The van der Waals surface area contributed by atoms with Crippen LogP contribution in [-0.2, 0) is 0 Å². The molecule has 0 aliphatic heterocycles. The van der Waals surface area contributed by atoms with Gasteiger partial charge in [0.15, 0.2) is 11.6 Å². The molecule has 30 heavy (non-hydrogen) atoms. The second-order valence-electron chi connectivity index (χ2n) is 9.51. The van der Waals surface area contributed by atoms with E-state index in [-0.39, 0.29) is 0 Å². The van der Waals surface area contributed by atoms with E-state index in [1.54, 1.807) is 6.07 Å². The zero-order chi connectivity index (χ0) is 20.9. The summed E-state index contributed by atoms with van der Waals surface area (Å²) in [6.45, 7) is 0.339. The van der Waals surface area contributed by atoms with Crippen LogP contribution in [-0.4, -0.2) is 11.7 Å². The van der Waals surface area contributed by atoms with Crippen molar-refractivity contribution in [2.75, 3.05) is 6.61 Å². The Morgan fingerprint density at radius 3 is 1.90 bits per heavy atom. The zero-order valence-corrected chi connectivity index (χ0v) is 17.8. The number of rotatable bonds is 6. The van der Waals surface area contributed by atoms with E-state index >= 15 is 0 Å². The minimum absolute atomic E-state index is 0.339. The minimum atomic E-state index is -0.800. The molecule has 2 aliphatic carbocycles. The standard InChI is InChI=1S/C27H34F2O/c28-26-16-15-25(18-27(26)29)24-13-11-23(12-14-24)22-9-7-21(8-10-22)20-5-3-19(4-6-20)2-1-17-30/h11-16,18-22,30H,1-10,17H2. The van der Waals surface area contributed by atoms with Gasteiger partial charge < -0.3 is 5.11 Å². The molecule has 2 saturated carbocycles. The molecule has 0 spiro atoms. The summed E-state index contributed by atoms with van der Waals surface area (Å²) in [5.41, 5.74) is 3.04. The molecule has 0 heterocycles. The summed E-state index contributed by atoms with van der Waals surface area (Å²) in [5, 5.41) is 9.04. The first-order chi connectivity index (χ1) is 14.6. The van der Waals surface area contributed by atoms with Crippen molar-refractivity contribution in [3.8, 4) is 11.1 Å². The third-order valence-electron chi connectivity index (χ3n) is 7.74. The average molecular weight is 413 g/mol. The maximum Gasteiger partial charge on any atom is 0.159 e. The molecule has 2 aromatic carbocycles. The van der Waals surface area contributed by atoms with Crippen LogP contribution in [0.5, 0.6) is 0 Å². The SMILES string of the molecule is OCCCC1CCC(C2CCC(c3ccc(-c4ccc(F)c(F)c4)cc3)CC2)CC1. The highest BCUT2D eigenvalue weighted by Crippen LogP contribution is 2.44. The number of halogens is 2. The smallest absolute Gasteiger partial charge is 0.159 e. The largest absolute Gasteiger partial charge is 0.396 e. The number of benzene rings is 2. The monoisotopic (exact) mass is 412 g/mol. The lowest BCUT2D eigenvalue weighted by Gasteiger charge is -2.38. The van der Waals surface area contributed by atoms with E-state index in [2.05, 4.69) is 12.1 Å². The summed E-state index contributed by atoms with van der Waals surface area (Å²) >= 11 is 0. The third kappa shape index (κ3) is 5.11. The van der Waals surface area contributed by atoms with E-state index in [1.165, 1.54) is 75.5 Å². The molecular weight excluding hydrogens is 378 g/mol. The lowest BCUT2D eigenvalue weighted by molar-refractivity contribution is 0.152. The van der Waals surface area contributed by atoms with Gasteiger partial charge in [-0.3, -0.25) is 0 Å². The van der Waals surface area contributed by atoms with Crippen LogP contribution in [0.1, 0.15) is 75.7 Å². The van der Waals surface area contributed by atoms with Gasteiger partial charge in [-0.05, 0) is 104 Å². The van der Waals surface area contributed by atoms with E-state index in [9.17, 15) is 8.78 Å². The quantitative estimate of drug-likeness (QED) is 0.521. The third-order valence-corrected chi connectivity index (χ3v) is 7.74. The van der Waals surface area contributed by atoms with Crippen molar-refractivity contribution in [3.63, 3.8) is 0 Å². The summed E-state index contributed by atoms with van der Waals surface area (Å²) < 4.78 is 26.7. The molecule has 1 nitrogen and oxygen atoms in total. The molecule has 2 aliphatic rings. The second kappa shape index (κ2) is 10.0. The van der Waals surface area contributed by atoms with E-state index < -0.39 is 11.6 Å². The molecule has 3 heteroatoms. The molecular formula is C27H34F2O. The number of hydrogen-bond acceptors (Lipinski definition) is 1. The van der Waals surface area contributed by atoms with Crippen molar-refractivity contribution in [2.24, 2.45) is 17.8 Å². The van der Waals surface area contributed by atoms with Crippen LogP contribution in [0.2, 0.25) is 0 Å². The fraction of sp³-hybridized carbons (Fsp3) is 0.556. The fourth-order valence-corrected chi connectivity index (χ4v) is 5.88. The normalized spacial score (nSPS) is 27.2. The van der Waals surface area contributed by atoms with Crippen LogP contribution in [0.25, 0.3) is 11.1 Å². The average Bonchev–Trinajstić information content (AvgIpc) is 2.80. The Kier molecular flexibility index (Phi) is 7.20. The van der Waals surface area contributed by atoms with Crippen molar-refractivity contribution in [1.29, 1.82) is 0 Å². The predicted octanol–water partition coefficient (Wildman–Crippen LogP) is 7.48. The molecule has 2 fully saturated rings. The first-order valence-corrected chi connectivity index (χ1v) is 11.8. The maximum absolute atomic E-state index is 13.5. The van der Waals surface area contributed by atoms with Gasteiger partial charge in [-0.25, -0.2) is 8.78 Å².